The van der Waals surface area contributed by atoms with E-state index in [9.17, 15) is 9.59 Å². The number of carbonyl (C=O) groups is 2. The van der Waals surface area contributed by atoms with Gasteiger partial charge in [0.1, 0.15) is 6.04 Å². The van der Waals surface area contributed by atoms with Gasteiger partial charge < -0.3 is 10.6 Å². The lowest BCUT2D eigenvalue weighted by molar-refractivity contribution is -0.129. The molecule has 4 nitrogen and oxygen atoms in total. The second-order valence-corrected chi connectivity index (χ2v) is 5.70. The summed E-state index contributed by atoms with van der Waals surface area (Å²) in [6.07, 6.45) is 5.40. The molecule has 1 aliphatic carbocycles. The van der Waals surface area contributed by atoms with E-state index < -0.39 is 0 Å². The predicted molar refractivity (Wildman–Crippen MR) is 72.0 cm³/mol. The summed E-state index contributed by atoms with van der Waals surface area (Å²) in [6.45, 7) is 6.44. The summed E-state index contributed by atoms with van der Waals surface area (Å²) in [6, 6.07) is -0.336. The second kappa shape index (κ2) is 7.39. The minimum Gasteiger partial charge on any atom is -0.354 e. The Kier molecular flexibility index (Phi) is 6.16. The molecular formula is C14H26N2O2. The summed E-state index contributed by atoms with van der Waals surface area (Å²) < 4.78 is 0. The molecule has 0 aromatic carbocycles. The first-order valence-electron chi connectivity index (χ1n) is 7.05. The Morgan fingerprint density at radius 1 is 1.22 bits per heavy atom. The molecule has 0 saturated heterocycles. The van der Waals surface area contributed by atoms with Gasteiger partial charge in [-0.2, -0.15) is 0 Å². The van der Waals surface area contributed by atoms with Crippen molar-refractivity contribution in [2.24, 2.45) is 11.8 Å². The molecule has 18 heavy (non-hydrogen) atoms. The SMILES string of the molecule is CC(=O)NC(C(=O)NCCC(C)C)C1CCCC1. The first-order valence-corrected chi connectivity index (χ1v) is 7.05. The molecule has 1 aliphatic rings. The van der Waals surface area contributed by atoms with E-state index >= 15 is 0 Å². The van der Waals surface area contributed by atoms with Crippen molar-refractivity contribution in [1.82, 2.24) is 10.6 Å². The fourth-order valence-corrected chi connectivity index (χ4v) is 2.50. The van der Waals surface area contributed by atoms with E-state index in [-0.39, 0.29) is 17.9 Å². The summed E-state index contributed by atoms with van der Waals surface area (Å²) in [5, 5.41) is 5.75. The Hall–Kier alpha value is -1.06. The third kappa shape index (κ3) is 5.07. The first-order chi connectivity index (χ1) is 8.50. The van der Waals surface area contributed by atoms with Gasteiger partial charge in [0.25, 0.3) is 0 Å². The molecule has 1 saturated carbocycles. The first kappa shape index (κ1) is 15.0. The van der Waals surface area contributed by atoms with Gasteiger partial charge >= 0.3 is 0 Å². The van der Waals surface area contributed by atoms with Gasteiger partial charge in [-0.15, -0.1) is 0 Å². The highest BCUT2D eigenvalue weighted by Gasteiger charge is 2.30. The molecule has 0 heterocycles. The fourth-order valence-electron chi connectivity index (χ4n) is 2.50. The normalized spacial score (nSPS) is 17.8. The maximum absolute atomic E-state index is 12.1. The molecule has 1 fully saturated rings. The number of hydrogen-bond donors (Lipinski definition) is 2. The van der Waals surface area contributed by atoms with Crippen LogP contribution in [0, 0.1) is 11.8 Å². The molecule has 0 spiro atoms. The zero-order chi connectivity index (χ0) is 13.5. The van der Waals surface area contributed by atoms with Crippen LogP contribution in [0.25, 0.3) is 0 Å². The zero-order valence-electron chi connectivity index (χ0n) is 11.8. The molecule has 0 aromatic heterocycles. The van der Waals surface area contributed by atoms with E-state index in [0.29, 0.717) is 18.4 Å². The standard InChI is InChI=1S/C14H26N2O2/c1-10(2)8-9-15-14(18)13(16-11(3)17)12-6-4-5-7-12/h10,12-13H,4-9H2,1-3H3,(H,15,18)(H,16,17). The Morgan fingerprint density at radius 3 is 2.33 bits per heavy atom. The minimum absolute atomic E-state index is 0.0160. The highest BCUT2D eigenvalue weighted by Crippen LogP contribution is 2.27. The van der Waals surface area contributed by atoms with Crippen LogP contribution in [0.15, 0.2) is 0 Å². The van der Waals surface area contributed by atoms with Gasteiger partial charge in [-0.25, -0.2) is 0 Å². The van der Waals surface area contributed by atoms with Crippen molar-refractivity contribution in [2.45, 2.75) is 58.9 Å². The monoisotopic (exact) mass is 254 g/mol. The summed E-state index contributed by atoms with van der Waals surface area (Å²) in [4.78, 5) is 23.3. The lowest BCUT2D eigenvalue weighted by atomic mass is 9.97. The topological polar surface area (TPSA) is 58.2 Å². The molecule has 1 rings (SSSR count). The van der Waals surface area contributed by atoms with E-state index in [2.05, 4.69) is 24.5 Å². The number of rotatable bonds is 6. The number of hydrogen-bond acceptors (Lipinski definition) is 2. The molecule has 0 aliphatic heterocycles. The van der Waals surface area contributed by atoms with Crippen LogP contribution >= 0.6 is 0 Å². The van der Waals surface area contributed by atoms with Gasteiger partial charge in [0, 0.05) is 13.5 Å². The summed E-state index contributed by atoms with van der Waals surface area (Å²) in [5.74, 6) is 0.757. The van der Waals surface area contributed by atoms with Crippen LogP contribution in [0.4, 0.5) is 0 Å². The lowest BCUT2D eigenvalue weighted by Gasteiger charge is -2.23. The van der Waals surface area contributed by atoms with Crippen molar-refractivity contribution in [3.05, 3.63) is 0 Å². The second-order valence-electron chi connectivity index (χ2n) is 5.70. The lowest BCUT2D eigenvalue weighted by Crippen LogP contribution is -2.50. The van der Waals surface area contributed by atoms with Gasteiger partial charge in [-0.05, 0) is 31.1 Å². The van der Waals surface area contributed by atoms with E-state index in [1.807, 2.05) is 0 Å². The summed E-state index contributed by atoms with van der Waals surface area (Å²) in [5.41, 5.74) is 0. The van der Waals surface area contributed by atoms with Crippen molar-refractivity contribution < 1.29 is 9.59 Å². The van der Waals surface area contributed by atoms with E-state index in [1.54, 1.807) is 0 Å². The molecule has 0 bridgehead atoms. The van der Waals surface area contributed by atoms with Crippen molar-refractivity contribution >= 4 is 11.8 Å². The number of amides is 2. The molecule has 104 valence electrons. The molecule has 2 N–H and O–H groups in total. The Bertz CT molecular complexity index is 284. The number of carbonyl (C=O) groups excluding carboxylic acids is 2. The average molecular weight is 254 g/mol. The maximum atomic E-state index is 12.1. The molecule has 1 unspecified atom stereocenters. The fraction of sp³-hybridized carbons (Fsp3) is 0.857. The van der Waals surface area contributed by atoms with Gasteiger partial charge in [0.15, 0.2) is 0 Å². The van der Waals surface area contributed by atoms with Crippen LogP contribution in [0.2, 0.25) is 0 Å². The van der Waals surface area contributed by atoms with Crippen LogP contribution < -0.4 is 10.6 Å². The molecule has 4 heteroatoms. The molecule has 0 radical (unpaired) electrons. The van der Waals surface area contributed by atoms with Crippen LogP contribution in [-0.2, 0) is 9.59 Å². The van der Waals surface area contributed by atoms with Gasteiger partial charge in [0.05, 0.1) is 0 Å². The zero-order valence-corrected chi connectivity index (χ0v) is 11.8. The Morgan fingerprint density at radius 2 is 1.83 bits per heavy atom. The van der Waals surface area contributed by atoms with Gasteiger partial charge in [-0.1, -0.05) is 26.7 Å². The van der Waals surface area contributed by atoms with Crippen LogP contribution in [-0.4, -0.2) is 24.4 Å². The Labute approximate surface area is 110 Å². The van der Waals surface area contributed by atoms with Crippen LogP contribution in [0.3, 0.4) is 0 Å². The van der Waals surface area contributed by atoms with Crippen molar-refractivity contribution in [3.63, 3.8) is 0 Å². The molecule has 2 amide bonds. The van der Waals surface area contributed by atoms with E-state index in [1.165, 1.54) is 19.8 Å². The molecule has 0 aromatic rings. The molecular weight excluding hydrogens is 228 g/mol. The van der Waals surface area contributed by atoms with E-state index in [4.69, 9.17) is 0 Å². The van der Waals surface area contributed by atoms with Gasteiger partial charge in [0.2, 0.25) is 11.8 Å². The maximum Gasteiger partial charge on any atom is 0.242 e. The highest BCUT2D eigenvalue weighted by atomic mass is 16.2. The third-order valence-corrected chi connectivity index (χ3v) is 3.53. The molecule has 1 atom stereocenters. The van der Waals surface area contributed by atoms with Crippen molar-refractivity contribution in [3.8, 4) is 0 Å². The number of nitrogens with one attached hydrogen (secondary N) is 2. The van der Waals surface area contributed by atoms with Crippen molar-refractivity contribution in [2.75, 3.05) is 6.54 Å². The largest absolute Gasteiger partial charge is 0.354 e. The smallest absolute Gasteiger partial charge is 0.242 e. The third-order valence-electron chi connectivity index (χ3n) is 3.53. The van der Waals surface area contributed by atoms with Crippen LogP contribution in [0.5, 0.6) is 0 Å². The van der Waals surface area contributed by atoms with Crippen LogP contribution in [0.1, 0.15) is 52.9 Å². The predicted octanol–water partition coefficient (Wildman–Crippen LogP) is 1.84. The van der Waals surface area contributed by atoms with E-state index in [0.717, 1.165) is 19.3 Å². The van der Waals surface area contributed by atoms with Gasteiger partial charge in [-0.3, -0.25) is 9.59 Å². The quantitative estimate of drug-likeness (QED) is 0.760. The summed E-state index contributed by atoms with van der Waals surface area (Å²) >= 11 is 0. The van der Waals surface area contributed by atoms with Crippen molar-refractivity contribution in [1.29, 1.82) is 0 Å². The summed E-state index contributed by atoms with van der Waals surface area (Å²) in [7, 11) is 0. The average Bonchev–Trinajstić information content (AvgIpc) is 2.78. The Balaban J connectivity index is 2.47. The highest BCUT2D eigenvalue weighted by molar-refractivity contribution is 5.87. The minimum atomic E-state index is -0.336.